The lowest BCUT2D eigenvalue weighted by molar-refractivity contribution is -0.359. The highest BCUT2D eigenvalue weighted by Gasteiger charge is 2.51. The summed E-state index contributed by atoms with van der Waals surface area (Å²) in [6.45, 7) is 2.92. The SMILES string of the molecule is CCCCCCCCCCCCCCCCCCCCCCCCCCCCCCCCCCC(=O)NC(COC1OC(CO)C(OC2OC(CO)C(O)C(O)C2O)C(O)C1O)C(O)CCCCCCCCCCCCCCCCCCC. The van der Waals surface area contributed by atoms with Crippen LogP contribution in [0.4, 0.5) is 0 Å². The van der Waals surface area contributed by atoms with Crippen molar-refractivity contribution in [2.45, 2.75) is 415 Å². The van der Waals surface area contributed by atoms with Crippen LogP contribution in [0.2, 0.25) is 0 Å². The molecular formula is C69H135NO13. The minimum absolute atomic E-state index is 0.197. The van der Waals surface area contributed by atoms with Crippen LogP contribution in [0.25, 0.3) is 0 Å². The number of hydrogen-bond acceptors (Lipinski definition) is 13. The minimum Gasteiger partial charge on any atom is -0.394 e. The summed E-state index contributed by atoms with van der Waals surface area (Å²) in [6.07, 6.45) is 48.5. The molecule has 9 N–H and O–H groups in total. The van der Waals surface area contributed by atoms with Crippen LogP contribution in [0.3, 0.4) is 0 Å². The van der Waals surface area contributed by atoms with Gasteiger partial charge in [0.05, 0.1) is 32.0 Å². The van der Waals surface area contributed by atoms with E-state index >= 15 is 0 Å². The molecule has 0 aromatic rings. The number of hydrogen-bond donors (Lipinski definition) is 9. The Morgan fingerprint density at radius 2 is 0.687 bits per heavy atom. The molecule has 0 spiro atoms. The summed E-state index contributed by atoms with van der Waals surface area (Å²) in [5.41, 5.74) is 0. The molecule has 2 fully saturated rings. The second-order valence-corrected chi connectivity index (χ2v) is 25.7. The zero-order valence-corrected chi connectivity index (χ0v) is 53.7. The molecule has 0 aromatic carbocycles. The Morgan fingerprint density at radius 3 is 1.02 bits per heavy atom. The smallest absolute Gasteiger partial charge is 0.220 e. The second-order valence-electron chi connectivity index (χ2n) is 25.7. The first-order valence-electron chi connectivity index (χ1n) is 35.8. The van der Waals surface area contributed by atoms with E-state index in [0.717, 1.165) is 51.4 Å². The molecule has 12 atom stereocenters. The summed E-state index contributed by atoms with van der Waals surface area (Å²) >= 11 is 0. The van der Waals surface area contributed by atoms with Gasteiger partial charge in [-0.2, -0.15) is 0 Å². The fraction of sp³-hybridized carbons (Fsp3) is 0.986. The van der Waals surface area contributed by atoms with E-state index in [1.165, 1.54) is 263 Å². The average molecular weight is 1190 g/mol. The van der Waals surface area contributed by atoms with Gasteiger partial charge in [-0.3, -0.25) is 4.79 Å². The maximum Gasteiger partial charge on any atom is 0.220 e. The summed E-state index contributed by atoms with van der Waals surface area (Å²) in [4.78, 5) is 13.3. The lowest BCUT2D eigenvalue weighted by Gasteiger charge is -2.46. The first-order valence-corrected chi connectivity index (χ1v) is 35.8. The van der Waals surface area contributed by atoms with Gasteiger partial charge in [0, 0.05) is 6.42 Å². The van der Waals surface area contributed by atoms with Crippen LogP contribution < -0.4 is 5.32 Å². The van der Waals surface area contributed by atoms with Crippen LogP contribution in [-0.2, 0) is 23.7 Å². The number of rotatable bonds is 60. The summed E-state index contributed by atoms with van der Waals surface area (Å²) in [5, 5.41) is 87.5. The molecule has 83 heavy (non-hydrogen) atoms. The normalized spacial score (nSPS) is 23.7. The zero-order valence-electron chi connectivity index (χ0n) is 53.7. The largest absolute Gasteiger partial charge is 0.394 e. The number of carbonyl (C=O) groups is 1. The van der Waals surface area contributed by atoms with Crippen molar-refractivity contribution in [1.82, 2.24) is 5.32 Å². The highest BCUT2D eigenvalue weighted by molar-refractivity contribution is 5.76. The molecule has 2 rings (SSSR count). The highest BCUT2D eigenvalue weighted by Crippen LogP contribution is 2.30. The predicted octanol–water partition coefficient (Wildman–Crippen LogP) is 14.4. The van der Waals surface area contributed by atoms with E-state index < -0.39 is 86.8 Å². The summed E-state index contributed by atoms with van der Waals surface area (Å²) in [6, 6.07) is -0.824. The van der Waals surface area contributed by atoms with Crippen LogP contribution in [-0.4, -0.2) is 140 Å². The third kappa shape index (κ3) is 39.6. The number of amides is 1. The van der Waals surface area contributed by atoms with E-state index in [2.05, 4.69) is 19.2 Å². The third-order valence-electron chi connectivity index (χ3n) is 18.1. The van der Waals surface area contributed by atoms with Crippen molar-refractivity contribution < 1.29 is 64.6 Å². The van der Waals surface area contributed by atoms with E-state index in [4.69, 9.17) is 18.9 Å². The molecule has 2 heterocycles. The average Bonchev–Trinajstić information content (AvgIpc) is 3.65. The van der Waals surface area contributed by atoms with Crippen molar-refractivity contribution >= 4 is 5.91 Å². The van der Waals surface area contributed by atoms with Gasteiger partial charge in [-0.05, 0) is 12.8 Å². The first-order chi connectivity index (χ1) is 40.6. The van der Waals surface area contributed by atoms with Crippen molar-refractivity contribution in [2.24, 2.45) is 0 Å². The van der Waals surface area contributed by atoms with Crippen molar-refractivity contribution in [2.75, 3.05) is 19.8 Å². The van der Waals surface area contributed by atoms with Gasteiger partial charge in [0.2, 0.25) is 5.91 Å². The highest BCUT2D eigenvalue weighted by atomic mass is 16.7. The molecule has 494 valence electrons. The van der Waals surface area contributed by atoms with E-state index in [9.17, 15) is 45.6 Å². The van der Waals surface area contributed by atoms with E-state index in [1.807, 2.05) is 0 Å². The van der Waals surface area contributed by atoms with Gasteiger partial charge in [0.15, 0.2) is 12.6 Å². The van der Waals surface area contributed by atoms with E-state index in [-0.39, 0.29) is 12.5 Å². The molecule has 2 aliphatic rings. The second kappa shape index (κ2) is 55.1. The maximum atomic E-state index is 13.3. The van der Waals surface area contributed by atoms with Crippen LogP contribution >= 0.6 is 0 Å². The lowest BCUT2D eigenvalue weighted by atomic mass is 9.97. The molecule has 2 saturated heterocycles. The molecule has 1 amide bonds. The quantitative estimate of drug-likeness (QED) is 0.0259. The van der Waals surface area contributed by atoms with Gasteiger partial charge < -0.3 is 65.1 Å². The Labute approximate surface area is 508 Å². The lowest BCUT2D eigenvalue weighted by Crippen LogP contribution is -2.65. The predicted molar refractivity (Wildman–Crippen MR) is 337 cm³/mol. The monoisotopic (exact) mass is 1190 g/mol. The van der Waals surface area contributed by atoms with Gasteiger partial charge in [-0.15, -0.1) is 0 Å². The molecule has 14 nitrogen and oxygen atoms in total. The molecule has 0 bridgehead atoms. The fourth-order valence-corrected chi connectivity index (χ4v) is 12.4. The van der Waals surface area contributed by atoms with E-state index in [1.54, 1.807) is 0 Å². The van der Waals surface area contributed by atoms with Crippen LogP contribution in [0, 0.1) is 0 Å². The standard InChI is InChI=1S/C69H135NO13/c1-3-5-7-9-11-13-15-17-19-21-22-23-24-25-26-27-28-29-30-31-32-33-34-35-37-39-41-43-45-47-49-51-53-61(74)70-57(58(73)52-50-48-46-44-42-40-38-36-20-18-16-14-12-10-8-6-4-2)56-80-68-66(79)64(77)67(60(55-72)82-68)83-69-65(78)63(76)62(75)59(54-71)81-69/h57-60,62-69,71-73,75-79H,3-56H2,1-2H3,(H,70,74). The molecule has 2 aliphatic heterocycles. The maximum absolute atomic E-state index is 13.3. The van der Waals surface area contributed by atoms with Gasteiger partial charge >= 0.3 is 0 Å². The van der Waals surface area contributed by atoms with Crippen LogP contribution in [0.5, 0.6) is 0 Å². The molecule has 0 aliphatic carbocycles. The topological polar surface area (TPSA) is 228 Å². The van der Waals surface area contributed by atoms with Gasteiger partial charge in [-0.25, -0.2) is 0 Å². The molecule has 0 aromatic heterocycles. The number of unbranched alkanes of at least 4 members (excludes halogenated alkanes) is 47. The zero-order chi connectivity index (χ0) is 60.2. The Morgan fingerprint density at radius 1 is 0.386 bits per heavy atom. The Balaban J connectivity index is 1.61. The molecule has 12 unspecified atom stereocenters. The van der Waals surface area contributed by atoms with Crippen molar-refractivity contribution in [1.29, 1.82) is 0 Å². The van der Waals surface area contributed by atoms with Crippen LogP contribution in [0.1, 0.15) is 341 Å². The summed E-state index contributed by atoms with van der Waals surface area (Å²) < 4.78 is 22.9. The number of ether oxygens (including phenoxy) is 4. The third-order valence-corrected chi connectivity index (χ3v) is 18.1. The number of nitrogens with one attached hydrogen (secondary N) is 1. The first kappa shape index (κ1) is 78.1. The summed E-state index contributed by atoms with van der Waals surface area (Å²) in [5.74, 6) is -0.197. The fourth-order valence-electron chi connectivity index (χ4n) is 12.4. The molecule has 0 saturated carbocycles. The van der Waals surface area contributed by atoms with Crippen molar-refractivity contribution in [3.05, 3.63) is 0 Å². The number of aliphatic hydroxyl groups excluding tert-OH is 8. The van der Waals surface area contributed by atoms with Gasteiger partial charge in [0.1, 0.15) is 48.8 Å². The van der Waals surface area contributed by atoms with Crippen LogP contribution in [0.15, 0.2) is 0 Å². The van der Waals surface area contributed by atoms with Crippen molar-refractivity contribution in [3.63, 3.8) is 0 Å². The number of carbonyl (C=O) groups excluding carboxylic acids is 1. The molecule has 0 radical (unpaired) electrons. The Kier molecular flexibility index (Phi) is 51.8. The van der Waals surface area contributed by atoms with Crippen molar-refractivity contribution in [3.8, 4) is 0 Å². The Hall–Kier alpha value is -1.01. The van der Waals surface area contributed by atoms with E-state index in [0.29, 0.717) is 12.8 Å². The minimum atomic E-state index is -1.78. The molecular weight excluding hydrogens is 1050 g/mol. The Bertz CT molecular complexity index is 1400. The van der Waals surface area contributed by atoms with Gasteiger partial charge in [-0.1, -0.05) is 322 Å². The van der Waals surface area contributed by atoms with Gasteiger partial charge in [0.25, 0.3) is 0 Å². The molecule has 14 heteroatoms. The summed E-state index contributed by atoms with van der Waals surface area (Å²) in [7, 11) is 0. The number of aliphatic hydroxyl groups is 8.